The summed E-state index contributed by atoms with van der Waals surface area (Å²) >= 11 is 0. The first-order valence-electron chi connectivity index (χ1n) is 7.91. The first kappa shape index (κ1) is 15.3. The summed E-state index contributed by atoms with van der Waals surface area (Å²) in [7, 11) is 0. The van der Waals surface area contributed by atoms with Crippen LogP contribution in [0.4, 0.5) is 5.82 Å². The molecule has 0 radical (unpaired) electrons. The number of nitrogens with zero attached hydrogens (tertiary/aromatic N) is 3. The van der Waals surface area contributed by atoms with Gasteiger partial charge in [0.25, 0.3) is 0 Å². The van der Waals surface area contributed by atoms with Crippen molar-refractivity contribution in [3.8, 4) is 0 Å². The zero-order valence-electron chi connectivity index (χ0n) is 13.7. The Morgan fingerprint density at radius 1 is 1.25 bits per heavy atom. The molecule has 1 aromatic rings. The van der Waals surface area contributed by atoms with Crippen LogP contribution in [-0.4, -0.2) is 42.1 Å². The Balaban J connectivity index is 2.03. The maximum absolute atomic E-state index is 4.68. The molecule has 0 aliphatic carbocycles. The number of aromatic nitrogens is 1. The van der Waals surface area contributed by atoms with Crippen LogP contribution >= 0.6 is 0 Å². The standard InChI is InChI=1S/C17H29N3/c1-6-19(7-2)15-10-11-20(13-15)16-9-8-14(12-18-16)17(3,4)5/h8-9,12,15H,6-7,10-11,13H2,1-5H3. The van der Waals surface area contributed by atoms with Crippen LogP contribution in [0, 0.1) is 0 Å². The molecular formula is C17H29N3. The summed E-state index contributed by atoms with van der Waals surface area (Å²) in [4.78, 5) is 9.67. The molecule has 2 rings (SSSR count). The third kappa shape index (κ3) is 3.32. The van der Waals surface area contributed by atoms with Gasteiger partial charge in [0.15, 0.2) is 0 Å². The Morgan fingerprint density at radius 3 is 2.45 bits per heavy atom. The van der Waals surface area contributed by atoms with Gasteiger partial charge in [0.05, 0.1) is 0 Å². The van der Waals surface area contributed by atoms with Gasteiger partial charge in [0.1, 0.15) is 5.82 Å². The SMILES string of the molecule is CCN(CC)C1CCN(c2ccc(C(C)(C)C)cn2)C1. The molecule has 2 heterocycles. The van der Waals surface area contributed by atoms with Crippen LogP contribution in [0.2, 0.25) is 0 Å². The molecule has 0 amide bonds. The van der Waals surface area contributed by atoms with E-state index in [2.05, 4.69) is 61.5 Å². The summed E-state index contributed by atoms with van der Waals surface area (Å²) in [5.74, 6) is 1.13. The van der Waals surface area contributed by atoms with E-state index >= 15 is 0 Å². The van der Waals surface area contributed by atoms with E-state index in [1.165, 1.54) is 12.0 Å². The molecule has 112 valence electrons. The Bertz CT molecular complexity index is 415. The molecule has 1 aromatic heterocycles. The fourth-order valence-electron chi connectivity index (χ4n) is 3.00. The smallest absolute Gasteiger partial charge is 0.128 e. The molecule has 0 aromatic carbocycles. The van der Waals surface area contributed by atoms with Gasteiger partial charge in [-0.05, 0) is 36.6 Å². The van der Waals surface area contributed by atoms with Gasteiger partial charge < -0.3 is 4.90 Å². The van der Waals surface area contributed by atoms with Gasteiger partial charge in [-0.3, -0.25) is 4.90 Å². The van der Waals surface area contributed by atoms with Gasteiger partial charge in [-0.25, -0.2) is 4.98 Å². The molecule has 1 saturated heterocycles. The summed E-state index contributed by atoms with van der Waals surface area (Å²) in [6, 6.07) is 5.10. The molecule has 1 aliphatic heterocycles. The molecule has 20 heavy (non-hydrogen) atoms. The van der Waals surface area contributed by atoms with Crippen molar-refractivity contribution in [3.63, 3.8) is 0 Å². The second-order valence-electron chi connectivity index (χ2n) is 6.76. The van der Waals surface area contributed by atoms with Crippen LogP contribution in [-0.2, 0) is 5.41 Å². The Kier molecular flexibility index (Phi) is 4.69. The lowest BCUT2D eigenvalue weighted by molar-refractivity contribution is 0.232. The summed E-state index contributed by atoms with van der Waals surface area (Å²) < 4.78 is 0. The van der Waals surface area contributed by atoms with E-state index in [-0.39, 0.29) is 5.41 Å². The van der Waals surface area contributed by atoms with Crippen molar-refractivity contribution < 1.29 is 0 Å². The molecule has 1 unspecified atom stereocenters. The van der Waals surface area contributed by atoms with E-state index in [9.17, 15) is 0 Å². The molecule has 0 spiro atoms. The quantitative estimate of drug-likeness (QED) is 0.840. The number of likely N-dealkylation sites (N-methyl/N-ethyl adjacent to an activating group) is 1. The van der Waals surface area contributed by atoms with E-state index in [0.717, 1.165) is 32.0 Å². The van der Waals surface area contributed by atoms with Crippen molar-refractivity contribution in [1.82, 2.24) is 9.88 Å². The van der Waals surface area contributed by atoms with Crippen molar-refractivity contribution >= 4 is 5.82 Å². The zero-order chi connectivity index (χ0) is 14.8. The molecule has 1 aliphatic rings. The fourth-order valence-corrected chi connectivity index (χ4v) is 3.00. The Labute approximate surface area is 124 Å². The third-order valence-corrected chi connectivity index (χ3v) is 4.43. The third-order valence-electron chi connectivity index (χ3n) is 4.43. The molecular weight excluding hydrogens is 246 g/mol. The first-order valence-corrected chi connectivity index (χ1v) is 7.91. The minimum absolute atomic E-state index is 0.181. The lowest BCUT2D eigenvalue weighted by Crippen LogP contribution is -2.37. The predicted molar refractivity (Wildman–Crippen MR) is 86.5 cm³/mol. The molecule has 0 N–H and O–H groups in total. The number of anilines is 1. The Morgan fingerprint density at radius 2 is 1.95 bits per heavy atom. The number of hydrogen-bond acceptors (Lipinski definition) is 3. The highest BCUT2D eigenvalue weighted by Crippen LogP contribution is 2.25. The van der Waals surface area contributed by atoms with Crippen molar-refractivity contribution in [3.05, 3.63) is 23.9 Å². The van der Waals surface area contributed by atoms with Crippen molar-refractivity contribution in [2.24, 2.45) is 0 Å². The maximum atomic E-state index is 4.68. The summed E-state index contributed by atoms with van der Waals surface area (Å²) in [6.45, 7) is 15.7. The molecule has 3 nitrogen and oxygen atoms in total. The summed E-state index contributed by atoms with van der Waals surface area (Å²) in [5, 5.41) is 0. The number of rotatable bonds is 4. The van der Waals surface area contributed by atoms with Gasteiger partial charge in [-0.1, -0.05) is 40.7 Å². The van der Waals surface area contributed by atoms with Crippen LogP contribution in [0.5, 0.6) is 0 Å². The number of hydrogen-bond donors (Lipinski definition) is 0. The average Bonchev–Trinajstić information content (AvgIpc) is 2.89. The lowest BCUT2D eigenvalue weighted by atomic mass is 9.88. The second kappa shape index (κ2) is 6.13. The van der Waals surface area contributed by atoms with Crippen LogP contribution in [0.3, 0.4) is 0 Å². The zero-order valence-corrected chi connectivity index (χ0v) is 13.7. The van der Waals surface area contributed by atoms with E-state index in [4.69, 9.17) is 0 Å². The van der Waals surface area contributed by atoms with Crippen LogP contribution in [0.1, 0.15) is 46.6 Å². The summed E-state index contributed by atoms with van der Waals surface area (Å²) in [6.07, 6.45) is 3.30. The van der Waals surface area contributed by atoms with Crippen LogP contribution in [0.15, 0.2) is 18.3 Å². The van der Waals surface area contributed by atoms with Crippen LogP contribution in [0.25, 0.3) is 0 Å². The van der Waals surface area contributed by atoms with Crippen molar-refractivity contribution in [2.45, 2.75) is 52.5 Å². The maximum Gasteiger partial charge on any atom is 0.128 e. The van der Waals surface area contributed by atoms with Gasteiger partial charge in [0.2, 0.25) is 0 Å². The fraction of sp³-hybridized carbons (Fsp3) is 0.706. The lowest BCUT2D eigenvalue weighted by Gasteiger charge is -2.26. The first-order chi connectivity index (χ1) is 9.45. The van der Waals surface area contributed by atoms with Crippen molar-refractivity contribution in [1.29, 1.82) is 0 Å². The highest BCUT2D eigenvalue weighted by Gasteiger charge is 2.27. The molecule has 3 heteroatoms. The van der Waals surface area contributed by atoms with Gasteiger partial charge in [0, 0.05) is 25.3 Å². The van der Waals surface area contributed by atoms with Crippen LogP contribution < -0.4 is 4.90 Å². The van der Waals surface area contributed by atoms with E-state index in [1.54, 1.807) is 0 Å². The Hall–Kier alpha value is -1.09. The van der Waals surface area contributed by atoms with E-state index in [1.807, 2.05) is 6.20 Å². The van der Waals surface area contributed by atoms with E-state index in [0.29, 0.717) is 6.04 Å². The largest absolute Gasteiger partial charge is 0.355 e. The molecule has 1 fully saturated rings. The highest BCUT2D eigenvalue weighted by molar-refractivity contribution is 5.42. The second-order valence-corrected chi connectivity index (χ2v) is 6.76. The van der Waals surface area contributed by atoms with Gasteiger partial charge in [-0.2, -0.15) is 0 Å². The monoisotopic (exact) mass is 275 g/mol. The molecule has 0 bridgehead atoms. The topological polar surface area (TPSA) is 19.4 Å². The normalized spacial score (nSPS) is 19.9. The molecule has 0 saturated carbocycles. The van der Waals surface area contributed by atoms with Gasteiger partial charge in [-0.15, -0.1) is 0 Å². The highest BCUT2D eigenvalue weighted by atomic mass is 15.3. The minimum atomic E-state index is 0.181. The summed E-state index contributed by atoms with van der Waals surface area (Å²) in [5.41, 5.74) is 1.49. The average molecular weight is 275 g/mol. The van der Waals surface area contributed by atoms with E-state index < -0.39 is 0 Å². The number of pyridine rings is 1. The molecule has 1 atom stereocenters. The van der Waals surface area contributed by atoms with Gasteiger partial charge >= 0.3 is 0 Å². The van der Waals surface area contributed by atoms with Crippen molar-refractivity contribution in [2.75, 3.05) is 31.1 Å². The minimum Gasteiger partial charge on any atom is -0.355 e. The predicted octanol–water partition coefficient (Wildman–Crippen LogP) is 3.30.